The summed E-state index contributed by atoms with van der Waals surface area (Å²) in [4.78, 5) is 6.85. The molecule has 3 unspecified atom stereocenters. The normalized spacial score (nSPS) is 26.9. The minimum absolute atomic E-state index is 0.534. The molecule has 0 aliphatic carbocycles. The summed E-state index contributed by atoms with van der Waals surface area (Å²) in [6, 6.07) is 9.79. The van der Waals surface area contributed by atoms with Gasteiger partial charge in [0.25, 0.3) is 0 Å². The largest absolute Gasteiger partial charge is 0.368 e. The van der Waals surface area contributed by atoms with Crippen LogP contribution in [-0.4, -0.2) is 30.7 Å². The molecule has 3 heteroatoms. The predicted molar refractivity (Wildman–Crippen MR) is 85.2 cm³/mol. The minimum Gasteiger partial charge on any atom is -0.368 e. The highest BCUT2D eigenvalue weighted by Crippen LogP contribution is 2.33. The van der Waals surface area contributed by atoms with Gasteiger partial charge in [0, 0.05) is 42.1 Å². The van der Waals surface area contributed by atoms with E-state index in [9.17, 15) is 0 Å². The van der Waals surface area contributed by atoms with Crippen molar-refractivity contribution in [3.8, 4) is 0 Å². The SMILES string of the molecule is CNC1CCN(c2cccc3ccncc23)C(C)C1C. The molecule has 3 nitrogen and oxygen atoms in total. The minimum atomic E-state index is 0.534. The van der Waals surface area contributed by atoms with Gasteiger partial charge < -0.3 is 10.2 Å². The monoisotopic (exact) mass is 269 g/mol. The van der Waals surface area contributed by atoms with Crippen LogP contribution in [0.1, 0.15) is 20.3 Å². The lowest BCUT2D eigenvalue weighted by Crippen LogP contribution is -2.52. The molecule has 0 spiro atoms. The van der Waals surface area contributed by atoms with Crippen molar-refractivity contribution in [2.24, 2.45) is 5.92 Å². The van der Waals surface area contributed by atoms with Gasteiger partial charge in [-0.2, -0.15) is 0 Å². The summed E-state index contributed by atoms with van der Waals surface area (Å²) in [6.07, 6.45) is 5.05. The number of anilines is 1. The van der Waals surface area contributed by atoms with Crippen LogP contribution in [0.3, 0.4) is 0 Å². The topological polar surface area (TPSA) is 28.2 Å². The Morgan fingerprint density at radius 2 is 2.10 bits per heavy atom. The van der Waals surface area contributed by atoms with Gasteiger partial charge in [0.15, 0.2) is 0 Å². The maximum atomic E-state index is 4.30. The number of benzene rings is 1. The van der Waals surface area contributed by atoms with Crippen LogP contribution in [0.4, 0.5) is 5.69 Å². The summed E-state index contributed by atoms with van der Waals surface area (Å²) in [6.45, 7) is 5.79. The molecule has 106 valence electrons. The highest BCUT2D eigenvalue weighted by atomic mass is 15.2. The Morgan fingerprint density at radius 1 is 1.25 bits per heavy atom. The van der Waals surface area contributed by atoms with Gasteiger partial charge in [-0.3, -0.25) is 4.98 Å². The van der Waals surface area contributed by atoms with E-state index >= 15 is 0 Å². The maximum Gasteiger partial charge on any atom is 0.0464 e. The van der Waals surface area contributed by atoms with Crippen LogP contribution in [0.5, 0.6) is 0 Å². The number of rotatable bonds is 2. The van der Waals surface area contributed by atoms with Gasteiger partial charge >= 0.3 is 0 Å². The number of aromatic nitrogens is 1. The Kier molecular flexibility index (Phi) is 3.62. The Balaban J connectivity index is 1.99. The molecular formula is C17H23N3. The van der Waals surface area contributed by atoms with Gasteiger partial charge in [0.2, 0.25) is 0 Å². The summed E-state index contributed by atoms with van der Waals surface area (Å²) in [5, 5.41) is 5.99. The van der Waals surface area contributed by atoms with Crippen LogP contribution < -0.4 is 10.2 Å². The molecule has 1 aromatic carbocycles. The number of hydrogen-bond acceptors (Lipinski definition) is 3. The summed E-state index contributed by atoms with van der Waals surface area (Å²) in [5.41, 5.74) is 1.32. The van der Waals surface area contributed by atoms with E-state index in [4.69, 9.17) is 0 Å². The summed E-state index contributed by atoms with van der Waals surface area (Å²) >= 11 is 0. The van der Waals surface area contributed by atoms with Crippen molar-refractivity contribution in [3.63, 3.8) is 0 Å². The third-order valence-corrected chi connectivity index (χ3v) is 4.91. The second-order valence-corrected chi connectivity index (χ2v) is 5.85. The number of pyridine rings is 1. The molecule has 1 aliphatic heterocycles. The first kappa shape index (κ1) is 13.4. The highest BCUT2D eigenvalue weighted by molar-refractivity contribution is 5.93. The molecule has 3 atom stereocenters. The number of piperidine rings is 1. The van der Waals surface area contributed by atoms with E-state index in [1.54, 1.807) is 0 Å². The van der Waals surface area contributed by atoms with Gasteiger partial charge in [-0.25, -0.2) is 0 Å². The van der Waals surface area contributed by atoms with E-state index in [1.165, 1.54) is 22.9 Å². The first-order chi connectivity index (χ1) is 9.72. The van der Waals surface area contributed by atoms with Crippen molar-refractivity contribution in [1.82, 2.24) is 10.3 Å². The van der Waals surface area contributed by atoms with Gasteiger partial charge in [-0.05, 0) is 43.8 Å². The van der Waals surface area contributed by atoms with E-state index in [0.717, 1.165) is 6.54 Å². The van der Waals surface area contributed by atoms with E-state index in [2.05, 4.69) is 60.4 Å². The molecule has 2 aromatic rings. The zero-order valence-corrected chi connectivity index (χ0v) is 12.5. The molecule has 1 fully saturated rings. The Labute approximate surface area is 121 Å². The first-order valence-corrected chi connectivity index (χ1v) is 7.49. The molecule has 1 aliphatic rings. The van der Waals surface area contributed by atoms with Crippen molar-refractivity contribution in [2.75, 3.05) is 18.5 Å². The number of nitrogens with one attached hydrogen (secondary N) is 1. The Hall–Kier alpha value is -1.61. The molecule has 1 saturated heterocycles. The van der Waals surface area contributed by atoms with Gasteiger partial charge in [-0.15, -0.1) is 0 Å². The lowest BCUT2D eigenvalue weighted by molar-refractivity contribution is 0.283. The quantitative estimate of drug-likeness (QED) is 0.908. The molecule has 0 amide bonds. The lowest BCUT2D eigenvalue weighted by atomic mass is 9.86. The average molecular weight is 269 g/mol. The van der Waals surface area contributed by atoms with Crippen LogP contribution >= 0.6 is 0 Å². The highest BCUT2D eigenvalue weighted by Gasteiger charge is 2.32. The van der Waals surface area contributed by atoms with Crippen LogP contribution in [0.15, 0.2) is 36.7 Å². The van der Waals surface area contributed by atoms with Crippen LogP contribution in [0.25, 0.3) is 10.8 Å². The molecular weight excluding hydrogens is 246 g/mol. The van der Waals surface area contributed by atoms with E-state index in [0.29, 0.717) is 18.0 Å². The summed E-state index contributed by atoms with van der Waals surface area (Å²) in [5.74, 6) is 0.640. The fourth-order valence-corrected chi connectivity index (χ4v) is 3.46. The van der Waals surface area contributed by atoms with Crippen LogP contribution in [0, 0.1) is 5.92 Å². The molecule has 0 saturated carbocycles. The number of fused-ring (bicyclic) bond motifs is 1. The van der Waals surface area contributed by atoms with Crippen molar-refractivity contribution in [1.29, 1.82) is 0 Å². The Bertz CT molecular complexity index is 590. The summed E-state index contributed by atoms with van der Waals surface area (Å²) < 4.78 is 0. The Morgan fingerprint density at radius 3 is 2.90 bits per heavy atom. The van der Waals surface area contributed by atoms with Crippen molar-refractivity contribution in [3.05, 3.63) is 36.7 Å². The van der Waals surface area contributed by atoms with E-state index < -0.39 is 0 Å². The first-order valence-electron chi connectivity index (χ1n) is 7.49. The standard InChI is InChI=1S/C17H23N3/c1-12-13(2)20(10-8-16(12)18-3)17-6-4-5-14-7-9-19-11-15(14)17/h4-7,9,11-13,16,18H,8,10H2,1-3H3. The van der Waals surface area contributed by atoms with Gasteiger partial charge in [0.1, 0.15) is 0 Å². The molecule has 2 heterocycles. The number of nitrogens with zero attached hydrogens (tertiary/aromatic N) is 2. The third-order valence-electron chi connectivity index (χ3n) is 4.91. The van der Waals surface area contributed by atoms with Crippen LogP contribution in [0.2, 0.25) is 0 Å². The zero-order valence-electron chi connectivity index (χ0n) is 12.5. The molecule has 3 rings (SSSR count). The predicted octanol–water partition coefficient (Wildman–Crippen LogP) is 3.06. The number of hydrogen-bond donors (Lipinski definition) is 1. The van der Waals surface area contributed by atoms with Gasteiger partial charge in [-0.1, -0.05) is 19.1 Å². The van der Waals surface area contributed by atoms with Crippen molar-refractivity contribution in [2.45, 2.75) is 32.4 Å². The zero-order chi connectivity index (χ0) is 14.1. The fraction of sp³-hybridized carbons (Fsp3) is 0.471. The average Bonchev–Trinajstić information content (AvgIpc) is 2.50. The second-order valence-electron chi connectivity index (χ2n) is 5.85. The maximum absolute atomic E-state index is 4.30. The van der Waals surface area contributed by atoms with E-state index in [1.807, 2.05) is 12.4 Å². The van der Waals surface area contributed by atoms with E-state index in [-0.39, 0.29) is 0 Å². The lowest BCUT2D eigenvalue weighted by Gasteiger charge is -2.44. The third kappa shape index (κ3) is 2.16. The molecule has 0 bridgehead atoms. The van der Waals surface area contributed by atoms with Crippen molar-refractivity contribution >= 4 is 16.5 Å². The molecule has 0 radical (unpaired) electrons. The van der Waals surface area contributed by atoms with Crippen molar-refractivity contribution < 1.29 is 0 Å². The molecule has 20 heavy (non-hydrogen) atoms. The second kappa shape index (κ2) is 5.41. The fourth-order valence-electron chi connectivity index (χ4n) is 3.46. The summed E-state index contributed by atoms with van der Waals surface area (Å²) in [7, 11) is 2.07. The van der Waals surface area contributed by atoms with Gasteiger partial charge in [0.05, 0.1) is 0 Å². The smallest absolute Gasteiger partial charge is 0.0464 e. The molecule has 1 N–H and O–H groups in total. The van der Waals surface area contributed by atoms with Crippen LogP contribution in [-0.2, 0) is 0 Å². The molecule has 1 aromatic heterocycles.